The Morgan fingerprint density at radius 3 is 2.65 bits per heavy atom. The van der Waals surface area contributed by atoms with Gasteiger partial charge in [-0.2, -0.15) is 10.2 Å². The monoisotopic (exact) mass is 492 g/mol. The number of piperidine rings is 2. The Bertz CT molecular complexity index is 1670. The van der Waals surface area contributed by atoms with Crippen LogP contribution in [0.3, 0.4) is 0 Å². The lowest BCUT2D eigenvalue weighted by atomic mass is 9.72. The molecule has 5 heterocycles. The van der Waals surface area contributed by atoms with Gasteiger partial charge in [-0.25, -0.2) is 9.67 Å². The van der Waals surface area contributed by atoms with E-state index in [0.717, 1.165) is 69.5 Å². The molecular weight excluding hydrogens is 464 g/mol. The molecule has 0 amide bonds. The van der Waals surface area contributed by atoms with Gasteiger partial charge in [-0.15, -0.1) is 0 Å². The molecule has 3 atom stereocenters. The third kappa shape index (κ3) is 3.43. The van der Waals surface area contributed by atoms with E-state index in [4.69, 9.17) is 10.1 Å². The lowest BCUT2D eigenvalue weighted by molar-refractivity contribution is -0.146. The van der Waals surface area contributed by atoms with Crippen molar-refractivity contribution in [2.45, 2.75) is 32.2 Å². The number of benzene rings is 2. The normalized spacial score (nSPS) is 21.2. The zero-order valence-electron chi connectivity index (χ0n) is 20.9. The smallest absolute Gasteiger partial charge is 0.306 e. The van der Waals surface area contributed by atoms with Crippen LogP contribution in [-0.4, -0.2) is 48.2 Å². The lowest BCUT2D eigenvalue weighted by Crippen LogP contribution is -2.54. The van der Waals surface area contributed by atoms with Crippen LogP contribution >= 0.6 is 0 Å². The minimum absolute atomic E-state index is 0.194. The number of hydrogen-bond donors (Lipinski definition) is 1. The molecule has 2 aliphatic heterocycles. The molecule has 0 radical (unpaired) electrons. The van der Waals surface area contributed by atoms with Crippen molar-refractivity contribution >= 4 is 33.6 Å². The summed E-state index contributed by atoms with van der Waals surface area (Å²) in [6.07, 6.45) is 6.66. The highest BCUT2D eigenvalue weighted by molar-refractivity contribution is 6.03. The second kappa shape index (κ2) is 8.16. The second-order valence-corrected chi connectivity index (χ2v) is 10.5. The van der Waals surface area contributed by atoms with E-state index in [-0.39, 0.29) is 17.9 Å². The zero-order valence-corrected chi connectivity index (χ0v) is 20.9. The van der Waals surface area contributed by atoms with E-state index in [1.54, 1.807) is 0 Å². The first kappa shape index (κ1) is 22.0. The Morgan fingerprint density at radius 1 is 1.03 bits per heavy atom. The van der Waals surface area contributed by atoms with E-state index in [9.17, 15) is 9.90 Å². The van der Waals surface area contributed by atoms with Crippen LogP contribution in [-0.2, 0) is 11.8 Å². The first-order valence-electron chi connectivity index (χ1n) is 12.8. The highest BCUT2D eigenvalue weighted by Crippen LogP contribution is 2.41. The molecule has 0 spiro atoms. The molecule has 2 saturated heterocycles. The predicted octanol–water partition coefficient (Wildman–Crippen LogP) is 4.97. The number of aromatic nitrogens is 5. The molecule has 8 nitrogen and oxygen atoms in total. The number of carbonyl (C=O) groups is 1. The van der Waals surface area contributed by atoms with Gasteiger partial charge in [0, 0.05) is 42.2 Å². The quantitative estimate of drug-likeness (QED) is 0.381. The van der Waals surface area contributed by atoms with Gasteiger partial charge in [-0.05, 0) is 55.9 Å². The van der Waals surface area contributed by atoms with Crippen LogP contribution in [0.25, 0.3) is 38.8 Å². The van der Waals surface area contributed by atoms with Gasteiger partial charge in [0.15, 0.2) is 0 Å². The predicted molar refractivity (Wildman–Crippen MR) is 143 cm³/mol. The molecule has 37 heavy (non-hydrogen) atoms. The molecule has 1 N–H and O–H groups in total. The zero-order chi connectivity index (χ0) is 25.3. The number of hydrogen-bond acceptors (Lipinski definition) is 5. The Labute approximate surface area is 214 Å². The van der Waals surface area contributed by atoms with Gasteiger partial charge >= 0.3 is 5.97 Å². The van der Waals surface area contributed by atoms with Crippen molar-refractivity contribution < 1.29 is 9.90 Å². The molecule has 1 saturated carbocycles. The molecule has 5 aromatic rings. The Morgan fingerprint density at radius 2 is 1.89 bits per heavy atom. The van der Waals surface area contributed by atoms with Gasteiger partial charge in [0.1, 0.15) is 11.5 Å². The van der Waals surface area contributed by atoms with Crippen molar-refractivity contribution in [3.63, 3.8) is 0 Å². The molecule has 3 fully saturated rings. The van der Waals surface area contributed by atoms with E-state index in [1.807, 2.05) is 40.9 Å². The maximum Gasteiger partial charge on any atom is 0.306 e. The third-order valence-corrected chi connectivity index (χ3v) is 8.25. The van der Waals surface area contributed by atoms with E-state index in [0.29, 0.717) is 6.42 Å². The number of nitrogens with zero attached hydrogens (tertiary/aromatic N) is 6. The summed E-state index contributed by atoms with van der Waals surface area (Å²) >= 11 is 0. The van der Waals surface area contributed by atoms with Crippen LogP contribution in [0.1, 0.15) is 24.8 Å². The molecule has 2 aromatic carbocycles. The average molecular weight is 493 g/mol. The van der Waals surface area contributed by atoms with Crippen molar-refractivity contribution in [2.24, 2.45) is 18.9 Å². The molecule has 186 valence electrons. The summed E-state index contributed by atoms with van der Waals surface area (Å²) in [5.74, 6) is 0.224. The molecule has 2 bridgehead atoms. The van der Waals surface area contributed by atoms with Crippen molar-refractivity contribution in [1.82, 2.24) is 24.5 Å². The highest BCUT2D eigenvalue weighted by atomic mass is 16.4. The fourth-order valence-corrected chi connectivity index (χ4v) is 6.46. The number of aryl methyl sites for hydroxylation is 2. The van der Waals surface area contributed by atoms with E-state index < -0.39 is 5.97 Å². The number of carboxylic acids is 1. The van der Waals surface area contributed by atoms with Crippen LogP contribution in [0.4, 0.5) is 5.82 Å². The molecular formula is C29H28N6O2. The number of anilines is 1. The summed E-state index contributed by atoms with van der Waals surface area (Å²) in [4.78, 5) is 18.8. The molecule has 3 aliphatic rings. The molecule has 3 aromatic heterocycles. The number of aliphatic carboxylic acids is 1. The highest BCUT2D eigenvalue weighted by Gasteiger charge is 2.44. The van der Waals surface area contributed by atoms with Gasteiger partial charge in [-0.1, -0.05) is 30.3 Å². The van der Waals surface area contributed by atoms with Crippen LogP contribution in [0.5, 0.6) is 0 Å². The van der Waals surface area contributed by atoms with E-state index in [1.165, 1.54) is 0 Å². The largest absolute Gasteiger partial charge is 0.481 e. The number of fused-ring (bicyclic) bond motifs is 5. The van der Waals surface area contributed by atoms with Crippen LogP contribution in [0, 0.1) is 18.8 Å². The fourth-order valence-electron chi connectivity index (χ4n) is 6.46. The summed E-state index contributed by atoms with van der Waals surface area (Å²) in [5, 5.41) is 21.5. The summed E-state index contributed by atoms with van der Waals surface area (Å²) in [5.41, 5.74) is 6.04. The molecule has 8 rings (SSSR count). The number of carboxylic acid groups (broad SMARTS) is 1. The summed E-state index contributed by atoms with van der Waals surface area (Å²) in [6, 6.07) is 16.8. The number of pyridine rings is 1. The topological polar surface area (TPSA) is 89.1 Å². The first-order chi connectivity index (χ1) is 18.0. The summed E-state index contributed by atoms with van der Waals surface area (Å²) < 4.78 is 3.84. The van der Waals surface area contributed by atoms with Crippen LogP contribution < -0.4 is 4.90 Å². The maximum atomic E-state index is 11.7. The SMILES string of the molecule is Cc1cccc2c(-c3cccc4nn(C)cc34)nn(-c3ccc(N4C[C@H]5CC[C@H]4C[C@H]5C(=O)O)nc3)c12. The lowest BCUT2D eigenvalue weighted by Gasteiger charge is -2.48. The average Bonchev–Trinajstić information content (AvgIpc) is 3.50. The molecule has 0 unspecified atom stereocenters. The second-order valence-electron chi connectivity index (χ2n) is 10.5. The first-order valence-corrected chi connectivity index (χ1v) is 12.8. The summed E-state index contributed by atoms with van der Waals surface area (Å²) in [7, 11) is 1.94. The van der Waals surface area contributed by atoms with Crippen LogP contribution in [0.15, 0.2) is 60.9 Å². The van der Waals surface area contributed by atoms with Crippen molar-refractivity contribution in [3.05, 3.63) is 66.5 Å². The van der Waals surface area contributed by atoms with E-state index >= 15 is 0 Å². The maximum absolute atomic E-state index is 11.7. The van der Waals surface area contributed by atoms with Crippen LogP contribution in [0.2, 0.25) is 0 Å². The van der Waals surface area contributed by atoms with Crippen molar-refractivity contribution in [3.8, 4) is 16.9 Å². The third-order valence-electron chi connectivity index (χ3n) is 8.25. The van der Waals surface area contributed by atoms with Gasteiger partial charge < -0.3 is 10.0 Å². The van der Waals surface area contributed by atoms with Gasteiger partial charge in [0.2, 0.25) is 0 Å². The molecule has 8 heteroatoms. The Kier molecular flexibility index (Phi) is 4.86. The van der Waals surface area contributed by atoms with Crippen molar-refractivity contribution in [1.29, 1.82) is 0 Å². The molecule has 1 aliphatic carbocycles. The van der Waals surface area contributed by atoms with E-state index in [2.05, 4.69) is 53.3 Å². The minimum Gasteiger partial charge on any atom is -0.481 e. The standard InChI is InChI=1S/C29H28N6O2/c1-17-5-3-7-22-27(21-6-4-8-25-24(21)16-33(2)31-25)32-35(28(17)22)20-11-12-26(30-14-20)34-15-18-9-10-19(34)13-23(18)29(36)37/h3-8,11-12,14,16,18-19,23H,9-10,13,15H2,1-2H3,(H,36,37)/t18-,19+,23-/m1/s1. The van der Waals surface area contributed by atoms with Gasteiger partial charge in [0.05, 0.1) is 28.8 Å². The fraction of sp³-hybridized carbons (Fsp3) is 0.310. The minimum atomic E-state index is -0.656. The Balaban J connectivity index is 1.29. The van der Waals surface area contributed by atoms with Gasteiger partial charge in [-0.3, -0.25) is 9.48 Å². The summed E-state index contributed by atoms with van der Waals surface area (Å²) in [6.45, 7) is 2.87. The number of para-hydroxylation sites is 1. The van der Waals surface area contributed by atoms with Crippen molar-refractivity contribution in [2.75, 3.05) is 11.4 Å². The Hall–Kier alpha value is -4.20. The van der Waals surface area contributed by atoms with Gasteiger partial charge in [0.25, 0.3) is 0 Å². The number of rotatable bonds is 4.